The van der Waals surface area contributed by atoms with E-state index in [2.05, 4.69) is 15.6 Å². The Morgan fingerprint density at radius 1 is 1.32 bits per heavy atom. The Morgan fingerprint density at radius 3 is 2.63 bits per heavy atom. The molecule has 1 aromatic heterocycles. The molecule has 0 aliphatic heterocycles. The van der Waals surface area contributed by atoms with E-state index in [0.29, 0.717) is 0 Å². The van der Waals surface area contributed by atoms with Crippen molar-refractivity contribution in [3.63, 3.8) is 0 Å². The minimum absolute atomic E-state index is 0.0178. The first-order valence-corrected chi connectivity index (χ1v) is 6.47. The fraction of sp³-hybridized carbons (Fsp3) is 0.667. The number of carbonyl (C=O) groups excluding carboxylic acids is 1. The van der Waals surface area contributed by atoms with Crippen LogP contribution in [0.2, 0.25) is 0 Å². The van der Waals surface area contributed by atoms with Crippen LogP contribution in [0.25, 0.3) is 0 Å². The molecule has 1 aliphatic rings. The highest BCUT2D eigenvalue weighted by Gasteiger charge is 2.35. The van der Waals surface area contributed by atoms with Crippen molar-refractivity contribution in [2.24, 2.45) is 0 Å². The van der Waals surface area contributed by atoms with E-state index in [9.17, 15) is 9.59 Å². The van der Waals surface area contributed by atoms with E-state index in [1.165, 1.54) is 10.9 Å². The maximum atomic E-state index is 12.0. The Morgan fingerprint density at radius 2 is 2.05 bits per heavy atom. The van der Waals surface area contributed by atoms with Gasteiger partial charge in [0, 0.05) is 6.20 Å². The van der Waals surface area contributed by atoms with Gasteiger partial charge in [0.1, 0.15) is 6.54 Å². The molecule has 0 radical (unpaired) electrons. The average molecular weight is 266 g/mol. The van der Waals surface area contributed by atoms with Crippen LogP contribution in [0.3, 0.4) is 0 Å². The quantitative estimate of drug-likeness (QED) is 0.812. The molecule has 7 nitrogen and oxygen atoms in total. The lowest BCUT2D eigenvalue weighted by Crippen LogP contribution is -2.52. The molecule has 2 N–H and O–H groups in total. The number of carbonyl (C=O) groups is 2. The molecule has 1 aliphatic carbocycles. The molecule has 0 saturated heterocycles. The summed E-state index contributed by atoms with van der Waals surface area (Å²) >= 11 is 0. The van der Waals surface area contributed by atoms with Gasteiger partial charge >= 0.3 is 5.97 Å². The SMILES string of the molecule is O=C(O)CC1(NC(=O)Cn2ccnn2)CCCCC1. The highest BCUT2D eigenvalue weighted by Crippen LogP contribution is 2.31. The molecule has 7 heteroatoms. The van der Waals surface area contributed by atoms with Crippen LogP contribution >= 0.6 is 0 Å². The highest BCUT2D eigenvalue weighted by atomic mass is 16.4. The molecule has 0 atom stereocenters. The Balaban J connectivity index is 1.98. The van der Waals surface area contributed by atoms with Crippen molar-refractivity contribution in [2.75, 3.05) is 0 Å². The summed E-state index contributed by atoms with van der Waals surface area (Å²) in [5, 5.41) is 19.3. The van der Waals surface area contributed by atoms with Crippen LogP contribution in [0.15, 0.2) is 12.4 Å². The zero-order chi connectivity index (χ0) is 13.7. The molecule has 19 heavy (non-hydrogen) atoms. The number of aromatic nitrogens is 3. The number of amides is 1. The van der Waals surface area contributed by atoms with Gasteiger partial charge in [0.15, 0.2) is 0 Å². The first-order chi connectivity index (χ1) is 9.10. The standard InChI is InChI=1S/C12H18N4O3/c17-10(9-16-7-6-13-15-16)14-12(8-11(18)19)4-2-1-3-5-12/h6-7H,1-5,8-9H2,(H,14,17)(H,18,19). The van der Waals surface area contributed by atoms with Gasteiger partial charge in [0.25, 0.3) is 0 Å². The highest BCUT2D eigenvalue weighted by molar-refractivity contribution is 5.78. The minimum atomic E-state index is -0.872. The maximum absolute atomic E-state index is 12.0. The first-order valence-electron chi connectivity index (χ1n) is 6.47. The van der Waals surface area contributed by atoms with E-state index in [4.69, 9.17) is 5.11 Å². The molecule has 1 aromatic rings. The van der Waals surface area contributed by atoms with Crippen LogP contribution < -0.4 is 5.32 Å². The number of rotatable bonds is 5. The molecule has 1 heterocycles. The third-order valence-corrected chi connectivity index (χ3v) is 3.48. The molecule has 0 unspecified atom stereocenters. The second-order valence-electron chi connectivity index (χ2n) is 5.06. The summed E-state index contributed by atoms with van der Waals surface area (Å²) in [5.74, 6) is -1.09. The summed E-state index contributed by atoms with van der Waals surface area (Å²) in [6.07, 6.45) is 7.54. The van der Waals surface area contributed by atoms with Crippen molar-refractivity contribution < 1.29 is 14.7 Å². The summed E-state index contributed by atoms with van der Waals surface area (Å²) in [5.41, 5.74) is -0.595. The summed E-state index contributed by atoms with van der Waals surface area (Å²) in [6, 6.07) is 0. The van der Waals surface area contributed by atoms with Gasteiger partial charge in [-0.05, 0) is 12.8 Å². The van der Waals surface area contributed by atoms with Crippen LogP contribution in [0.4, 0.5) is 0 Å². The number of hydrogen-bond acceptors (Lipinski definition) is 4. The molecule has 1 fully saturated rings. The number of nitrogens with zero attached hydrogens (tertiary/aromatic N) is 3. The predicted octanol–water partition coefficient (Wildman–Crippen LogP) is 0.572. The molecular formula is C12H18N4O3. The van der Waals surface area contributed by atoms with Gasteiger partial charge in [-0.25, -0.2) is 4.68 Å². The zero-order valence-corrected chi connectivity index (χ0v) is 10.7. The molecule has 1 amide bonds. The van der Waals surface area contributed by atoms with Gasteiger partial charge < -0.3 is 10.4 Å². The van der Waals surface area contributed by atoms with E-state index >= 15 is 0 Å². The molecule has 0 aromatic carbocycles. The monoisotopic (exact) mass is 266 g/mol. The van der Waals surface area contributed by atoms with Crippen LogP contribution in [0.1, 0.15) is 38.5 Å². The lowest BCUT2D eigenvalue weighted by Gasteiger charge is -2.37. The maximum Gasteiger partial charge on any atom is 0.305 e. The molecule has 1 saturated carbocycles. The van der Waals surface area contributed by atoms with E-state index in [1.54, 1.807) is 6.20 Å². The molecular weight excluding hydrogens is 248 g/mol. The van der Waals surface area contributed by atoms with Crippen molar-refractivity contribution in [1.82, 2.24) is 20.3 Å². The number of hydrogen-bond donors (Lipinski definition) is 2. The zero-order valence-electron chi connectivity index (χ0n) is 10.7. The number of carboxylic acid groups (broad SMARTS) is 1. The largest absolute Gasteiger partial charge is 0.481 e. The first kappa shape index (κ1) is 13.5. The predicted molar refractivity (Wildman–Crippen MR) is 66.2 cm³/mol. The van der Waals surface area contributed by atoms with Gasteiger partial charge in [0.05, 0.1) is 18.2 Å². The van der Waals surface area contributed by atoms with E-state index in [-0.39, 0.29) is 18.9 Å². The third-order valence-electron chi connectivity index (χ3n) is 3.48. The molecule has 2 rings (SSSR count). The Labute approximate surface area is 111 Å². The Bertz CT molecular complexity index is 438. The lowest BCUT2D eigenvalue weighted by molar-refractivity contribution is -0.139. The van der Waals surface area contributed by atoms with Gasteiger partial charge in [-0.15, -0.1) is 5.10 Å². The van der Waals surface area contributed by atoms with Crippen LogP contribution in [0, 0.1) is 0 Å². The number of nitrogens with one attached hydrogen (secondary N) is 1. The topological polar surface area (TPSA) is 97.1 Å². The van der Waals surface area contributed by atoms with E-state index in [0.717, 1.165) is 32.1 Å². The van der Waals surface area contributed by atoms with Gasteiger partial charge in [-0.3, -0.25) is 9.59 Å². The summed E-state index contributed by atoms with van der Waals surface area (Å²) in [7, 11) is 0. The fourth-order valence-electron chi connectivity index (χ4n) is 2.66. The minimum Gasteiger partial charge on any atom is -0.481 e. The summed E-state index contributed by atoms with van der Waals surface area (Å²) in [4.78, 5) is 23.0. The van der Waals surface area contributed by atoms with Crippen LogP contribution in [-0.2, 0) is 16.1 Å². The second kappa shape index (κ2) is 5.81. The number of aliphatic carboxylic acids is 1. The van der Waals surface area contributed by atoms with Crippen molar-refractivity contribution in [3.8, 4) is 0 Å². The average Bonchev–Trinajstić information content (AvgIpc) is 2.81. The Kier molecular flexibility index (Phi) is 4.13. The van der Waals surface area contributed by atoms with Crippen LogP contribution in [0.5, 0.6) is 0 Å². The number of carboxylic acids is 1. The van der Waals surface area contributed by atoms with E-state index < -0.39 is 11.5 Å². The smallest absolute Gasteiger partial charge is 0.305 e. The molecule has 0 bridgehead atoms. The van der Waals surface area contributed by atoms with Gasteiger partial charge in [-0.1, -0.05) is 24.5 Å². The van der Waals surface area contributed by atoms with Gasteiger partial charge in [-0.2, -0.15) is 0 Å². The molecule has 0 spiro atoms. The van der Waals surface area contributed by atoms with E-state index in [1.807, 2.05) is 0 Å². The summed E-state index contributed by atoms with van der Waals surface area (Å²) in [6.45, 7) is 0.0708. The fourth-order valence-corrected chi connectivity index (χ4v) is 2.66. The van der Waals surface area contributed by atoms with Crippen LogP contribution in [-0.4, -0.2) is 37.5 Å². The van der Waals surface area contributed by atoms with Gasteiger partial charge in [0.2, 0.25) is 5.91 Å². The lowest BCUT2D eigenvalue weighted by atomic mass is 9.79. The van der Waals surface area contributed by atoms with Crippen molar-refractivity contribution in [2.45, 2.75) is 50.6 Å². The normalized spacial score (nSPS) is 17.9. The third kappa shape index (κ3) is 3.77. The van der Waals surface area contributed by atoms with Crippen molar-refractivity contribution >= 4 is 11.9 Å². The Hall–Kier alpha value is -1.92. The van der Waals surface area contributed by atoms with Crippen molar-refractivity contribution in [3.05, 3.63) is 12.4 Å². The van der Waals surface area contributed by atoms with Crippen molar-refractivity contribution in [1.29, 1.82) is 0 Å². The molecule has 104 valence electrons. The second-order valence-corrected chi connectivity index (χ2v) is 5.06. The summed E-state index contributed by atoms with van der Waals surface area (Å²) < 4.78 is 1.42.